The monoisotopic (exact) mass is 257 g/mol. The van der Waals surface area contributed by atoms with Crippen LogP contribution in [0.3, 0.4) is 0 Å². The van der Waals surface area contributed by atoms with Crippen LogP contribution in [0.5, 0.6) is 0 Å². The topological polar surface area (TPSA) is 86.5 Å². The Labute approximate surface area is 109 Å². The zero-order valence-corrected chi connectivity index (χ0v) is 10.7. The third-order valence-corrected chi connectivity index (χ3v) is 3.09. The van der Waals surface area contributed by atoms with Crippen molar-refractivity contribution in [2.24, 2.45) is 0 Å². The molecule has 0 spiro atoms. The van der Waals surface area contributed by atoms with Crippen LogP contribution in [0.15, 0.2) is 18.7 Å². The minimum atomic E-state index is 0.0234. The maximum absolute atomic E-state index is 11.8. The highest BCUT2D eigenvalue weighted by Gasteiger charge is 2.13. The average molecular weight is 257 g/mol. The molecule has 3 aromatic heterocycles. The van der Waals surface area contributed by atoms with Crippen molar-refractivity contribution in [2.75, 3.05) is 6.54 Å². The van der Waals surface area contributed by atoms with Gasteiger partial charge in [-0.3, -0.25) is 4.79 Å². The van der Waals surface area contributed by atoms with E-state index in [0.29, 0.717) is 13.0 Å². The van der Waals surface area contributed by atoms with E-state index in [1.165, 1.54) is 0 Å². The van der Waals surface area contributed by atoms with Crippen LogP contribution in [0.2, 0.25) is 0 Å². The second-order valence-corrected chi connectivity index (χ2v) is 4.49. The van der Waals surface area contributed by atoms with Gasteiger partial charge in [-0.1, -0.05) is 6.92 Å². The second kappa shape index (κ2) is 4.72. The molecule has 6 heteroatoms. The van der Waals surface area contributed by atoms with Crippen molar-refractivity contribution in [1.82, 2.24) is 25.3 Å². The van der Waals surface area contributed by atoms with Gasteiger partial charge >= 0.3 is 0 Å². The lowest BCUT2D eigenvalue weighted by molar-refractivity contribution is -0.120. The first-order valence-corrected chi connectivity index (χ1v) is 6.34. The Morgan fingerprint density at radius 1 is 1.37 bits per heavy atom. The molecule has 6 nitrogen and oxygen atoms in total. The Morgan fingerprint density at radius 2 is 2.26 bits per heavy atom. The van der Waals surface area contributed by atoms with E-state index in [4.69, 9.17) is 0 Å². The fourth-order valence-electron chi connectivity index (χ4n) is 2.19. The minimum absolute atomic E-state index is 0.0234. The zero-order valence-electron chi connectivity index (χ0n) is 10.7. The molecule has 0 aliphatic carbocycles. The molecule has 0 aromatic carbocycles. The number of H-pyrrole nitrogens is 2. The van der Waals surface area contributed by atoms with E-state index in [0.717, 1.165) is 34.1 Å². The molecule has 0 saturated carbocycles. The Hall–Kier alpha value is -2.37. The van der Waals surface area contributed by atoms with Gasteiger partial charge in [0, 0.05) is 12.7 Å². The number of imidazole rings is 1. The lowest BCUT2D eigenvalue weighted by atomic mass is 10.1. The third kappa shape index (κ3) is 2.05. The number of aromatic nitrogens is 4. The zero-order chi connectivity index (χ0) is 13.2. The van der Waals surface area contributed by atoms with Crippen molar-refractivity contribution in [3.05, 3.63) is 24.3 Å². The molecule has 0 aliphatic heterocycles. The number of aromatic amines is 2. The van der Waals surface area contributed by atoms with Crippen LogP contribution in [-0.4, -0.2) is 32.4 Å². The van der Waals surface area contributed by atoms with Gasteiger partial charge in [0.25, 0.3) is 0 Å². The number of pyridine rings is 1. The standard InChI is InChI=1S/C13H15N5O/c1-2-3-14-10(19)4-8-5-15-13-11(8)12-9(6-16-13)17-7-18-12/h5-7H,2-4H2,1H3,(H,14,19)(H,15,16)(H,17,18). The molecule has 0 aliphatic rings. The molecule has 3 N–H and O–H groups in total. The number of fused-ring (bicyclic) bond motifs is 3. The normalized spacial score (nSPS) is 11.2. The molecule has 0 unspecified atom stereocenters. The number of nitrogens with zero attached hydrogens (tertiary/aromatic N) is 2. The Kier molecular flexibility index (Phi) is 2.91. The van der Waals surface area contributed by atoms with Gasteiger partial charge in [-0.2, -0.15) is 0 Å². The van der Waals surface area contributed by atoms with E-state index in [2.05, 4.69) is 25.3 Å². The van der Waals surface area contributed by atoms with Crippen LogP contribution in [0, 0.1) is 0 Å². The van der Waals surface area contributed by atoms with E-state index in [1.54, 1.807) is 12.5 Å². The summed E-state index contributed by atoms with van der Waals surface area (Å²) < 4.78 is 0. The van der Waals surface area contributed by atoms with Crippen molar-refractivity contribution >= 4 is 28.0 Å². The van der Waals surface area contributed by atoms with Crippen LogP contribution in [-0.2, 0) is 11.2 Å². The number of amides is 1. The van der Waals surface area contributed by atoms with E-state index in [-0.39, 0.29) is 5.91 Å². The smallest absolute Gasteiger partial charge is 0.224 e. The number of carbonyl (C=O) groups is 1. The van der Waals surface area contributed by atoms with Crippen LogP contribution >= 0.6 is 0 Å². The summed E-state index contributed by atoms with van der Waals surface area (Å²) in [5.74, 6) is 0.0234. The van der Waals surface area contributed by atoms with Gasteiger partial charge in [-0.15, -0.1) is 0 Å². The number of carbonyl (C=O) groups excluding carboxylic acids is 1. The number of rotatable bonds is 4. The maximum Gasteiger partial charge on any atom is 0.224 e. The molecule has 0 bridgehead atoms. The number of nitrogens with one attached hydrogen (secondary N) is 3. The van der Waals surface area contributed by atoms with E-state index in [9.17, 15) is 4.79 Å². The first-order valence-electron chi connectivity index (χ1n) is 6.34. The van der Waals surface area contributed by atoms with Gasteiger partial charge in [-0.05, 0) is 12.0 Å². The molecule has 3 aromatic rings. The second-order valence-electron chi connectivity index (χ2n) is 4.49. The van der Waals surface area contributed by atoms with Gasteiger partial charge in [-0.25, -0.2) is 9.97 Å². The van der Waals surface area contributed by atoms with Crippen LogP contribution in [0.1, 0.15) is 18.9 Å². The molecule has 3 rings (SSSR count). The van der Waals surface area contributed by atoms with E-state index in [1.807, 2.05) is 13.1 Å². The Morgan fingerprint density at radius 3 is 3.11 bits per heavy atom. The fourth-order valence-corrected chi connectivity index (χ4v) is 2.19. The molecule has 0 fully saturated rings. The summed E-state index contributed by atoms with van der Waals surface area (Å²) in [6, 6.07) is 0. The highest BCUT2D eigenvalue weighted by atomic mass is 16.1. The predicted octanol–water partition coefficient (Wildman–Crippen LogP) is 1.51. The Balaban J connectivity index is 1.99. The number of hydrogen-bond donors (Lipinski definition) is 3. The molecular formula is C13H15N5O. The number of hydrogen-bond acceptors (Lipinski definition) is 3. The molecule has 3 heterocycles. The van der Waals surface area contributed by atoms with Crippen LogP contribution < -0.4 is 5.32 Å². The molecule has 0 atom stereocenters. The lowest BCUT2D eigenvalue weighted by Gasteiger charge is -2.02. The summed E-state index contributed by atoms with van der Waals surface area (Å²) in [5.41, 5.74) is 3.42. The SMILES string of the molecule is CCCNC(=O)Cc1c[nH]c2ncc3[nH]cnc3c12. The van der Waals surface area contributed by atoms with Crippen molar-refractivity contribution in [1.29, 1.82) is 0 Å². The van der Waals surface area contributed by atoms with Gasteiger partial charge in [0.2, 0.25) is 5.91 Å². The molecule has 1 amide bonds. The summed E-state index contributed by atoms with van der Waals surface area (Å²) in [6.45, 7) is 2.74. The third-order valence-electron chi connectivity index (χ3n) is 3.09. The summed E-state index contributed by atoms with van der Waals surface area (Å²) >= 11 is 0. The van der Waals surface area contributed by atoms with E-state index >= 15 is 0 Å². The largest absolute Gasteiger partial charge is 0.356 e. The molecule has 0 saturated heterocycles. The highest BCUT2D eigenvalue weighted by Crippen LogP contribution is 2.24. The average Bonchev–Trinajstić information content (AvgIpc) is 3.02. The lowest BCUT2D eigenvalue weighted by Crippen LogP contribution is -2.25. The molecule has 19 heavy (non-hydrogen) atoms. The fraction of sp³-hybridized carbons (Fsp3) is 0.308. The van der Waals surface area contributed by atoms with Gasteiger partial charge in [0.1, 0.15) is 11.2 Å². The summed E-state index contributed by atoms with van der Waals surface area (Å²) in [7, 11) is 0. The van der Waals surface area contributed by atoms with Gasteiger partial charge in [0.05, 0.1) is 29.8 Å². The molecule has 0 radical (unpaired) electrons. The molecular weight excluding hydrogens is 242 g/mol. The minimum Gasteiger partial charge on any atom is -0.356 e. The predicted molar refractivity (Wildman–Crippen MR) is 72.8 cm³/mol. The maximum atomic E-state index is 11.8. The highest BCUT2D eigenvalue weighted by molar-refractivity contribution is 6.04. The van der Waals surface area contributed by atoms with Crippen molar-refractivity contribution < 1.29 is 4.79 Å². The summed E-state index contributed by atoms with van der Waals surface area (Å²) in [5, 5.41) is 3.80. The van der Waals surface area contributed by atoms with Gasteiger partial charge in [0.15, 0.2) is 0 Å². The first-order chi connectivity index (χ1) is 9.29. The van der Waals surface area contributed by atoms with Crippen LogP contribution in [0.4, 0.5) is 0 Å². The van der Waals surface area contributed by atoms with Crippen molar-refractivity contribution in [2.45, 2.75) is 19.8 Å². The van der Waals surface area contributed by atoms with Crippen molar-refractivity contribution in [3.63, 3.8) is 0 Å². The van der Waals surface area contributed by atoms with Crippen molar-refractivity contribution in [3.8, 4) is 0 Å². The first kappa shape index (κ1) is 11.7. The quantitative estimate of drug-likeness (QED) is 0.662. The summed E-state index contributed by atoms with van der Waals surface area (Å²) in [4.78, 5) is 26.5. The van der Waals surface area contributed by atoms with Gasteiger partial charge < -0.3 is 15.3 Å². The molecule has 98 valence electrons. The van der Waals surface area contributed by atoms with E-state index < -0.39 is 0 Å². The summed E-state index contributed by atoms with van der Waals surface area (Å²) in [6.07, 6.45) is 6.48. The van der Waals surface area contributed by atoms with Crippen LogP contribution in [0.25, 0.3) is 22.1 Å². The Bertz CT molecular complexity index is 727.